The highest BCUT2D eigenvalue weighted by molar-refractivity contribution is 5.14. The summed E-state index contributed by atoms with van der Waals surface area (Å²) in [5.41, 5.74) is 2.13. The molecule has 2 fully saturated rings. The molecule has 0 bridgehead atoms. The van der Waals surface area contributed by atoms with Crippen molar-refractivity contribution >= 4 is 0 Å². The predicted molar refractivity (Wildman–Crippen MR) is 149 cm³/mol. The van der Waals surface area contributed by atoms with Gasteiger partial charge in [-0.1, -0.05) is 81.4 Å². The SMILES string of the molecule is CCC1O[C@H](OC)C(C)[C@H](OCc2ccccc2)[C@@H]1O.CO[C@H]1OC(CO)[C@@H](O)[C@@H](OCc2ccccc2)C1C. The molecule has 2 aromatic carbocycles. The van der Waals surface area contributed by atoms with Gasteiger partial charge in [0.05, 0.1) is 38.1 Å². The van der Waals surface area contributed by atoms with E-state index in [0.717, 1.165) is 17.5 Å². The van der Waals surface area contributed by atoms with Gasteiger partial charge in [0, 0.05) is 26.1 Å². The number of ether oxygens (including phenoxy) is 6. The summed E-state index contributed by atoms with van der Waals surface area (Å²) in [6.45, 7) is 6.50. The molecule has 0 spiro atoms. The highest BCUT2D eigenvalue weighted by Crippen LogP contribution is 2.31. The molecule has 4 rings (SSSR count). The maximum Gasteiger partial charge on any atom is 0.162 e. The normalized spacial score (nSPS) is 34.1. The molecule has 224 valence electrons. The van der Waals surface area contributed by atoms with Gasteiger partial charge in [0.25, 0.3) is 0 Å². The predicted octanol–water partition coefficient (Wildman–Crippen LogP) is 3.28. The van der Waals surface area contributed by atoms with Crippen molar-refractivity contribution in [3.8, 4) is 0 Å². The molecule has 4 unspecified atom stereocenters. The summed E-state index contributed by atoms with van der Waals surface area (Å²) in [6.07, 6.45) is -3.21. The van der Waals surface area contributed by atoms with Gasteiger partial charge in [0.1, 0.15) is 18.3 Å². The van der Waals surface area contributed by atoms with E-state index in [0.29, 0.717) is 13.2 Å². The second kappa shape index (κ2) is 16.5. The lowest BCUT2D eigenvalue weighted by Crippen LogP contribution is -2.56. The summed E-state index contributed by atoms with van der Waals surface area (Å²) in [5, 5.41) is 29.9. The van der Waals surface area contributed by atoms with Crippen molar-refractivity contribution in [1.82, 2.24) is 0 Å². The van der Waals surface area contributed by atoms with E-state index < -0.39 is 30.7 Å². The highest BCUT2D eigenvalue weighted by Gasteiger charge is 2.44. The van der Waals surface area contributed by atoms with Crippen LogP contribution in [-0.2, 0) is 41.6 Å². The van der Waals surface area contributed by atoms with Crippen LogP contribution in [0.2, 0.25) is 0 Å². The van der Waals surface area contributed by atoms with E-state index in [4.69, 9.17) is 28.4 Å². The molecule has 0 radical (unpaired) electrons. The smallest absolute Gasteiger partial charge is 0.162 e. The van der Waals surface area contributed by atoms with Crippen LogP contribution in [0.4, 0.5) is 0 Å². The van der Waals surface area contributed by atoms with Gasteiger partial charge in [-0.2, -0.15) is 0 Å². The van der Waals surface area contributed by atoms with Gasteiger partial charge in [0.15, 0.2) is 12.6 Å². The standard InChI is InChI=1S/C16H24O4.C15H22O5/c1-4-13-14(17)15(11(2)16(18-3)20-13)19-10-12-8-6-5-7-9-12;1-10-14(19-9-11-6-4-3-5-7-11)13(17)12(8-16)20-15(10)18-2/h5-9,11,13-17H,4,10H2,1-3H3;3-7,10,12-17H,8-9H2,1-2H3/t11?,13?,14-,15+,16+;10?,12?,13-,14+,15+/m11/s1. The van der Waals surface area contributed by atoms with Crippen molar-refractivity contribution in [2.75, 3.05) is 20.8 Å². The lowest BCUT2D eigenvalue weighted by atomic mass is 9.91. The van der Waals surface area contributed by atoms with Gasteiger partial charge in [0.2, 0.25) is 0 Å². The summed E-state index contributed by atoms with van der Waals surface area (Å²) in [4.78, 5) is 0. The molecule has 2 aliphatic heterocycles. The van der Waals surface area contributed by atoms with Crippen LogP contribution >= 0.6 is 0 Å². The average molecular weight is 563 g/mol. The fourth-order valence-electron chi connectivity index (χ4n) is 5.17. The number of aliphatic hydroxyl groups is 3. The Bertz CT molecular complexity index is 837. The van der Waals surface area contributed by atoms with Crippen molar-refractivity contribution in [1.29, 1.82) is 0 Å². The topological polar surface area (TPSA) is 116 Å². The van der Waals surface area contributed by atoms with Crippen molar-refractivity contribution in [2.24, 2.45) is 11.8 Å². The molecule has 0 aliphatic carbocycles. The molecule has 9 nitrogen and oxygen atoms in total. The Morgan fingerprint density at radius 1 is 0.675 bits per heavy atom. The zero-order chi connectivity index (χ0) is 29.1. The molecule has 9 heteroatoms. The summed E-state index contributed by atoms with van der Waals surface area (Å²) >= 11 is 0. The maximum absolute atomic E-state index is 10.4. The fraction of sp³-hybridized carbons (Fsp3) is 0.613. The fourth-order valence-corrected chi connectivity index (χ4v) is 5.17. The Hall–Kier alpha value is -1.92. The number of hydrogen-bond acceptors (Lipinski definition) is 9. The summed E-state index contributed by atoms with van der Waals surface area (Å²) in [6, 6.07) is 19.7. The molecule has 2 aromatic rings. The summed E-state index contributed by atoms with van der Waals surface area (Å²) in [7, 11) is 3.17. The Morgan fingerprint density at radius 2 is 1.07 bits per heavy atom. The third-order valence-corrected chi connectivity index (χ3v) is 7.57. The minimum absolute atomic E-state index is 0.0125. The number of benzene rings is 2. The second-order valence-corrected chi connectivity index (χ2v) is 10.4. The number of rotatable bonds is 10. The van der Waals surface area contributed by atoms with Crippen molar-refractivity contribution in [3.63, 3.8) is 0 Å². The zero-order valence-corrected chi connectivity index (χ0v) is 24.2. The van der Waals surface area contributed by atoms with Crippen LogP contribution < -0.4 is 0 Å². The van der Waals surface area contributed by atoms with Crippen molar-refractivity contribution in [3.05, 3.63) is 71.8 Å². The number of aliphatic hydroxyl groups excluding tert-OH is 3. The van der Waals surface area contributed by atoms with Crippen LogP contribution in [-0.4, -0.2) is 85.3 Å². The summed E-state index contributed by atoms with van der Waals surface area (Å²) in [5.74, 6) is -0.136. The number of methoxy groups -OCH3 is 2. The van der Waals surface area contributed by atoms with Gasteiger partial charge in [-0.3, -0.25) is 0 Å². The van der Waals surface area contributed by atoms with E-state index in [1.54, 1.807) is 14.2 Å². The molecule has 2 saturated heterocycles. The Kier molecular flexibility index (Phi) is 13.4. The molecule has 0 saturated carbocycles. The quantitative estimate of drug-likeness (QED) is 0.401. The lowest BCUT2D eigenvalue weighted by Gasteiger charge is -2.42. The minimum atomic E-state index is -0.870. The van der Waals surface area contributed by atoms with Crippen LogP contribution in [0, 0.1) is 11.8 Å². The Labute approximate surface area is 237 Å². The van der Waals surface area contributed by atoms with E-state index in [1.165, 1.54) is 0 Å². The van der Waals surface area contributed by atoms with E-state index in [-0.39, 0.29) is 36.9 Å². The third kappa shape index (κ3) is 8.55. The largest absolute Gasteiger partial charge is 0.394 e. The first kappa shape index (κ1) is 32.6. The van der Waals surface area contributed by atoms with Gasteiger partial charge in [-0.15, -0.1) is 0 Å². The van der Waals surface area contributed by atoms with Gasteiger partial charge in [-0.05, 0) is 17.5 Å². The first-order valence-electron chi connectivity index (χ1n) is 14.0. The minimum Gasteiger partial charge on any atom is -0.394 e. The highest BCUT2D eigenvalue weighted by atomic mass is 16.7. The first-order valence-corrected chi connectivity index (χ1v) is 14.0. The average Bonchev–Trinajstić information content (AvgIpc) is 2.99. The first-order chi connectivity index (χ1) is 19.3. The van der Waals surface area contributed by atoms with E-state index in [9.17, 15) is 15.3 Å². The molecular formula is C31H46O9. The van der Waals surface area contributed by atoms with Crippen molar-refractivity contribution in [2.45, 2.75) is 89.6 Å². The maximum atomic E-state index is 10.4. The van der Waals surface area contributed by atoms with E-state index in [1.807, 2.05) is 81.4 Å². The molecule has 40 heavy (non-hydrogen) atoms. The van der Waals surface area contributed by atoms with Crippen LogP contribution in [0.5, 0.6) is 0 Å². The van der Waals surface area contributed by atoms with E-state index >= 15 is 0 Å². The zero-order valence-electron chi connectivity index (χ0n) is 24.2. The third-order valence-electron chi connectivity index (χ3n) is 7.57. The van der Waals surface area contributed by atoms with Crippen LogP contribution in [0.25, 0.3) is 0 Å². The van der Waals surface area contributed by atoms with Crippen molar-refractivity contribution < 1.29 is 43.7 Å². The molecule has 3 N–H and O–H groups in total. The van der Waals surface area contributed by atoms with Crippen LogP contribution in [0.3, 0.4) is 0 Å². The van der Waals surface area contributed by atoms with Crippen LogP contribution in [0.15, 0.2) is 60.7 Å². The molecule has 10 atom stereocenters. The molecular weight excluding hydrogens is 516 g/mol. The van der Waals surface area contributed by atoms with Gasteiger partial charge < -0.3 is 43.7 Å². The van der Waals surface area contributed by atoms with Gasteiger partial charge in [-0.25, -0.2) is 0 Å². The molecule has 2 heterocycles. The molecule has 2 aliphatic rings. The van der Waals surface area contributed by atoms with E-state index in [2.05, 4.69) is 0 Å². The number of hydrogen-bond donors (Lipinski definition) is 3. The van der Waals surface area contributed by atoms with Gasteiger partial charge >= 0.3 is 0 Å². The van der Waals surface area contributed by atoms with Crippen LogP contribution in [0.1, 0.15) is 38.3 Å². The Balaban J connectivity index is 0.000000220. The monoisotopic (exact) mass is 562 g/mol. The molecule has 0 amide bonds. The molecule has 0 aromatic heterocycles. The Morgan fingerprint density at radius 3 is 1.45 bits per heavy atom. The summed E-state index contributed by atoms with van der Waals surface area (Å²) < 4.78 is 33.6. The lowest BCUT2D eigenvalue weighted by molar-refractivity contribution is -0.284. The second-order valence-electron chi connectivity index (χ2n) is 10.4.